The third-order valence-corrected chi connectivity index (χ3v) is 7.09. The normalized spacial score (nSPS) is 12.0. The van der Waals surface area contributed by atoms with Crippen LogP contribution in [0.5, 0.6) is 5.75 Å². The Morgan fingerprint density at radius 1 is 1.00 bits per heavy atom. The minimum atomic E-state index is -4.26. The van der Waals surface area contributed by atoms with Gasteiger partial charge in [0.2, 0.25) is 0 Å². The van der Waals surface area contributed by atoms with Gasteiger partial charge in [-0.2, -0.15) is 0 Å². The van der Waals surface area contributed by atoms with Crippen LogP contribution in [-0.4, -0.2) is 45.7 Å². The van der Waals surface area contributed by atoms with Crippen molar-refractivity contribution >= 4 is 33.4 Å². The van der Waals surface area contributed by atoms with Crippen molar-refractivity contribution in [2.45, 2.75) is 57.6 Å². The number of ether oxygens (including phenoxy) is 2. The molecule has 0 aliphatic heterocycles. The number of hydrogen-bond donors (Lipinski definition) is 2. The van der Waals surface area contributed by atoms with E-state index in [0.29, 0.717) is 11.4 Å². The van der Waals surface area contributed by atoms with E-state index in [2.05, 4.69) is 10.0 Å². The Morgan fingerprint density at radius 2 is 1.68 bits per heavy atom. The second-order valence-corrected chi connectivity index (χ2v) is 12.3. The maximum Gasteiger partial charge on any atom is 0.408 e. The molecule has 12 heteroatoms. The summed E-state index contributed by atoms with van der Waals surface area (Å²) in [6.07, 6.45) is -0.761. The predicted octanol–water partition coefficient (Wildman–Crippen LogP) is 5.47. The van der Waals surface area contributed by atoms with Crippen molar-refractivity contribution in [3.8, 4) is 17.1 Å². The number of furan rings is 1. The van der Waals surface area contributed by atoms with Gasteiger partial charge in [0.25, 0.3) is 15.9 Å². The lowest BCUT2D eigenvalue weighted by Crippen LogP contribution is -2.56. The van der Waals surface area contributed by atoms with Gasteiger partial charge in [-0.3, -0.25) is 9.52 Å². The number of sulfonamides is 1. The largest absolute Gasteiger partial charge is 0.495 e. The van der Waals surface area contributed by atoms with Gasteiger partial charge in [-0.05, 0) is 90.1 Å². The molecule has 1 heterocycles. The molecule has 10 nitrogen and oxygen atoms in total. The monoisotopic (exact) mass is 575 g/mol. The molecule has 0 spiro atoms. The number of amides is 2. The first-order valence-electron chi connectivity index (χ1n) is 12.3. The molecule has 0 fully saturated rings. The average molecular weight is 576 g/mol. The number of nitrogens with one attached hydrogen (secondary N) is 2. The van der Waals surface area contributed by atoms with Gasteiger partial charge in [-0.1, -0.05) is 0 Å². The fraction of sp³-hybridized carbons (Fsp3) is 0.357. The zero-order valence-electron chi connectivity index (χ0n) is 23.7. The molecular weight excluding hydrogens is 541 g/mol. The lowest BCUT2D eigenvalue weighted by atomic mass is 10.0. The van der Waals surface area contributed by atoms with E-state index >= 15 is 0 Å². The third kappa shape index (κ3) is 7.12. The van der Waals surface area contributed by atoms with E-state index in [9.17, 15) is 22.4 Å². The van der Waals surface area contributed by atoms with E-state index in [1.807, 2.05) is 0 Å². The van der Waals surface area contributed by atoms with Crippen LogP contribution in [0.1, 0.15) is 40.4 Å². The highest BCUT2D eigenvalue weighted by Crippen LogP contribution is 2.33. The third-order valence-electron chi connectivity index (χ3n) is 5.72. The number of carbonyl (C=O) groups excluding carboxylic acids is 2. The fourth-order valence-electron chi connectivity index (χ4n) is 3.78. The van der Waals surface area contributed by atoms with Crippen molar-refractivity contribution in [3.05, 3.63) is 60.1 Å². The van der Waals surface area contributed by atoms with Crippen molar-refractivity contribution in [2.24, 2.45) is 0 Å². The number of methoxy groups -OCH3 is 1. The minimum Gasteiger partial charge on any atom is -0.495 e. The summed E-state index contributed by atoms with van der Waals surface area (Å²) in [5.74, 6) is -0.237. The quantitative estimate of drug-likeness (QED) is 0.365. The molecule has 0 atom stereocenters. The van der Waals surface area contributed by atoms with Crippen LogP contribution in [0.3, 0.4) is 0 Å². The standard InChI is InChI=1S/C28H34FN3O7S/c1-17-9-13-23(38-17)20-12-11-19(16-21(20)29)40(35,36)31-22-15-18(10-14-24(22)37-8)32(7)25(33)28(5,6)30-26(34)39-27(2,3)4/h9-16,31H,1-8H3,(H,30,34). The molecule has 1 aromatic heterocycles. The van der Waals surface area contributed by atoms with E-state index in [1.165, 1.54) is 57.2 Å². The van der Waals surface area contributed by atoms with Crippen LogP contribution in [0.15, 0.2) is 57.8 Å². The van der Waals surface area contributed by atoms with Crippen LogP contribution >= 0.6 is 0 Å². The topological polar surface area (TPSA) is 127 Å². The van der Waals surface area contributed by atoms with Crippen LogP contribution in [0, 0.1) is 12.7 Å². The Balaban J connectivity index is 1.86. The number of halogens is 1. The van der Waals surface area contributed by atoms with Gasteiger partial charge in [0.05, 0.1) is 23.3 Å². The number of carbonyl (C=O) groups is 2. The van der Waals surface area contributed by atoms with E-state index in [-0.39, 0.29) is 27.7 Å². The van der Waals surface area contributed by atoms with Gasteiger partial charge >= 0.3 is 6.09 Å². The Bertz CT molecular complexity index is 1520. The first-order chi connectivity index (χ1) is 18.4. The Hall–Kier alpha value is -4.06. The minimum absolute atomic E-state index is 0.0173. The predicted molar refractivity (Wildman–Crippen MR) is 150 cm³/mol. The highest BCUT2D eigenvalue weighted by molar-refractivity contribution is 7.92. The number of anilines is 2. The molecule has 0 radical (unpaired) electrons. The number of hydrogen-bond acceptors (Lipinski definition) is 7. The lowest BCUT2D eigenvalue weighted by Gasteiger charge is -2.31. The van der Waals surface area contributed by atoms with Crippen molar-refractivity contribution < 1.29 is 36.3 Å². The van der Waals surface area contributed by atoms with E-state index in [4.69, 9.17) is 13.9 Å². The van der Waals surface area contributed by atoms with Crippen LogP contribution < -0.4 is 19.7 Å². The van der Waals surface area contributed by atoms with Crippen LogP contribution in [-0.2, 0) is 19.6 Å². The first-order valence-corrected chi connectivity index (χ1v) is 13.8. The second-order valence-electron chi connectivity index (χ2n) is 10.7. The summed E-state index contributed by atoms with van der Waals surface area (Å²) in [7, 11) is -1.43. The summed E-state index contributed by atoms with van der Waals surface area (Å²) >= 11 is 0. The fourth-order valence-corrected chi connectivity index (χ4v) is 4.85. The number of nitrogens with zero attached hydrogens (tertiary/aromatic N) is 1. The molecular formula is C28H34FN3O7S. The van der Waals surface area contributed by atoms with Gasteiger partial charge in [-0.15, -0.1) is 0 Å². The lowest BCUT2D eigenvalue weighted by molar-refractivity contribution is -0.123. The summed E-state index contributed by atoms with van der Waals surface area (Å²) < 4.78 is 59.6. The molecule has 2 amide bonds. The highest BCUT2D eigenvalue weighted by Gasteiger charge is 2.34. The maximum atomic E-state index is 14.9. The van der Waals surface area contributed by atoms with Crippen LogP contribution in [0.25, 0.3) is 11.3 Å². The molecule has 0 saturated heterocycles. The molecule has 0 aliphatic rings. The van der Waals surface area contributed by atoms with Gasteiger partial charge in [0.1, 0.15) is 34.2 Å². The molecule has 2 aromatic carbocycles. The molecule has 0 saturated carbocycles. The van der Waals surface area contributed by atoms with E-state index in [1.54, 1.807) is 45.9 Å². The Kier molecular flexibility index (Phi) is 8.54. The summed E-state index contributed by atoms with van der Waals surface area (Å²) in [6.45, 7) is 9.87. The number of aryl methyl sites for hydroxylation is 1. The van der Waals surface area contributed by atoms with Gasteiger partial charge in [0, 0.05) is 12.7 Å². The van der Waals surface area contributed by atoms with Gasteiger partial charge < -0.3 is 24.1 Å². The SMILES string of the molecule is COc1ccc(N(C)C(=O)C(C)(C)NC(=O)OC(C)(C)C)cc1NS(=O)(=O)c1ccc(-c2ccc(C)o2)c(F)c1. The smallest absolute Gasteiger partial charge is 0.408 e. The molecule has 0 unspecified atom stereocenters. The van der Waals surface area contributed by atoms with Crippen molar-refractivity contribution in [2.75, 3.05) is 23.8 Å². The molecule has 3 rings (SSSR count). The highest BCUT2D eigenvalue weighted by atomic mass is 32.2. The summed E-state index contributed by atoms with van der Waals surface area (Å²) in [5, 5.41) is 2.55. The summed E-state index contributed by atoms with van der Waals surface area (Å²) in [4.78, 5) is 26.5. The van der Waals surface area contributed by atoms with Crippen LogP contribution in [0.4, 0.5) is 20.6 Å². The van der Waals surface area contributed by atoms with E-state index < -0.39 is 39.0 Å². The Labute approximate surface area is 233 Å². The second kappa shape index (κ2) is 11.2. The summed E-state index contributed by atoms with van der Waals surface area (Å²) in [5.41, 5.74) is -1.67. The number of alkyl carbamates (subject to hydrolysis) is 1. The average Bonchev–Trinajstić information content (AvgIpc) is 3.27. The number of rotatable bonds is 8. The van der Waals surface area contributed by atoms with Gasteiger partial charge in [0.15, 0.2) is 0 Å². The Morgan fingerprint density at radius 3 is 2.23 bits per heavy atom. The molecule has 0 bridgehead atoms. The molecule has 40 heavy (non-hydrogen) atoms. The maximum absolute atomic E-state index is 14.9. The van der Waals surface area contributed by atoms with E-state index in [0.717, 1.165) is 6.07 Å². The van der Waals surface area contributed by atoms with Crippen molar-refractivity contribution in [3.63, 3.8) is 0 Å². The molecule has 0 aliphatic carbocycles. The molecule has 3 aromatic rings. The van der Waals surface area contributed by atoms with Crippen molar-refractivity contribution in [1.29, 1.82) is 0 Å². The number of likely N-dealkylation sites (N-methyl/N-ethyl adjacent to an activating group) is 1. The molecule has 2 N–H and O–H groups in total. The molecule has 216 valence electrons. The van der Waals surface area contributed by atoms with Crippen LogP contribution in [0.2, 0.25) is 0 Å². The summed E-state index contributed by atoms with van der Waals surface area (Å²) in [6, 6.07) is 11.2. The van der Waals surface area contributed by atoms with Crippen molar-refractivity contribution in [1.82, 2.24) is 5.32 Å². The zero-order chi connectivity index (χ0) is 30.0. The first kappa shape index (κ1) is 30.5. The zero-order valence-corrected chi connectivity index (χ0v) is 24.5. The number of benzene rings is 2. The van der Waals surface area contributed by atoms with Gasteiger partial charge in [-0.25, -0.2) is 17.6 Å².